The van der Waals surface area contributed by atoms with Crippen molar-refractivity contribution in [2.75, 3.05) is 26.5 Å². The highest BCUT2D eigenvalue weighted by Gasteiger charge is 2.69. The predicted octanol–water partition coefficient (Wildman–Crippen LogP) is 2.15. The van der Waals surface area contributed by atoms with Gasteiger partial charge in [0.05, 0.1) is 24.6 Å². The lowest BCUT2D eigenvalue weighted by Crippen LogP contribution is -2.74. The van der Waals surface area contributed by atoms with Crippen LogP contribution < -0.4 is 20.5 Å². The Labute approximate surface area is 274 Å². The Balaban J connectivity index is 1.30. The molecule has 2 saturated carbocycles. The van der Waals surface area contributed by atoms with E-state index >= 15 is 0 Å². The number of primary amides is 1. The van der Waals surface area contributed by atoms with E-state index in [-0.39, 0.29) is 24.2 Å². The monoisotopic (exact) mass is 655 g/mol. The number of likely N-dealkylation sites (N-methyl/N-ethyl adjacent to an activating group) is 1. The standard InChI is InChI=1S/C35H33N3O10/c1-38(2)28-23-15-17-14-22-21(16-4-6-18(7-5-16)37-34(45)48-20-10-8-19(47-3)9-11-20)12-13-24(39)26(22)29(40)25(17)31(42)35(23,46)32(43)27(30(28)41)33(36)44/h4-13,17,23,25,27-28,39,46H,14-15H2,1-3H3,(H2,36,44)(H,37,45)/t17-,23-,25?,27?,28+,35-/m0/s1. The van der Waals surface area contributed by atoms with E-state index in [0.29, 0.717) is 33.9 Å². The first kappa shape index (κ1) is 32.5. The fourth-order valence-electron chi connectivity index (χ4n) is 7.50. The molecule has 13 heteroatoms. The molecular formula is C35H33N3O10. The van der Waals surface area contributed by atoms with Gasteiger partial charge in [0.1, 0.15) is 17.2 Å². The highest BCUT2D eigenvalue weighted by atomic mass is 16.6. The summed E-state index contributed by atoms with van der Waals surface area (Å²) < 4.78 is 10.4. The Bertz CT molecular complexity index is 1870. The minimum absolute atomic E-state index is 0.0574. The average Bonchev–Trinajstić information content (AvgIpc) is 3.03. The van der Waals surface area contributed by atoms with Gasteiger partial charge in [-0.1, -0.05) is 18.2 Å². The van der Waals surface area contributed by atoms with Crippen LogP contribution in [0.2, 0.25) is 0 Å². The number of aliphatic hydroxyl groups is 1. The second-order valence-corrected chi connectivity index (χ2v) is 12.5. The summed E-state index contributed by atoms with van der Waals surface area (Å²) in [5.74, 6) is -10.2. The molecule has 3 aliphatic carbocycles. The number of hydrogen-bond acceptors (Lipinski definition) is 11. The zero-order chi connectivity index (χ0) is 34.7. The molecule has 2 amide bonds. The number of nitrogens with two attached hydrogens (primary N) is 1. The number of ether oxygens (including phenoxy) is 2. The van der Waals surface area contributed by atoms with Crippen molar-refractivity contribution in [3.8, 4) is 28.4 Å². The minimum atomic E-state index is -2.79. The van der Waals surface area contributed by atoms with Gasteiger partial charge in [0.2, 0.25) is 5.91 Å². The van der Waals surface area contributed by atoms with Gasteiger partial charge in [-0.05, 0) is 92.0 Å². The number of aromatic hydroxyl groups is 1. The SMILES string of the molecule is COc1ccc(OC(=O)Nc2ccc(-c3ccc(O)c4c3C[C@H]3C[C@H]5[C@@H](N(C)C)C(=O)C(C(N)=O)C(=O)[C@@]5(O)C(=O)C3C4=O)cc2)cc1. The van der Waals surface area contributed by atoms with Gasteiger partial charge in [-0.3, -0.25) is 34.2 Å². The third-order valence-corrected chi connectivity index (χ3v) is 9.66. The molecule has 6 rings (SSSR count). The van der Waals surface area contributed by atoms with Crippen molar-refractivity contribution in [3.63, 3.8) is 0 Å². The fourth-order valence-corrected chi connectivity index (χ4v) is 7.50. The summed E-state index contributed by atoms with van der Waals surface area (Å²) in [6.45, 7) is 0. The van der Waals surface area contributed by atoms with Crippen LogP contribution in [0.25, 0.3) is 11.1 Å². The molecule has 248 valence electrons. The van der Waals surface area contributed by atoms with Gasteiger partial charge in [0.25, 0.3) is 0 Å². The number of rotatable bonds is 6. The Morgan fingerprint density at radius 1 is 0.938 bits per heavy atom. The number of nitrogens with zero attached hydrogens (tertiary/aromatic N) is 1. The van der Waals surface area contributed by atoms with Crippen molar-refractivity contribution < 1.29 is 48.5 Å². The van der Waals surface area contributed by atoms with Gasteiger partial charge in [-0.2, -0.15) is 0 Å². The molecule has 0 spiro atoms. The zero-order valence-corrected chi connectivity index (χ0v) is 26.3. The van der Waals surface area contributed by atoms with Crippen molar-refractivity contribution in [1.29, 1.82) is 0 Å². The molecule has 0 bridgehead atoms. The van der Waals surface area contributed by atoms with E-state index < -0.39 is 70.4 Å². The van der Waals surface area contributed by atoms with Gasteiger partial charge in [-0.25, -0.2) is 4.79 Å². The number of benzene rings is 3. The molecule has 0 heterocycles. The number of carbonyl (C=O) groups excluding carboxylic acids is 6. The molecule has 3 aliphatic rings. The van der Waals surface area contributed by atoms with Crippen molar-refractivity contribution in [2.45, 2.75) is 24.5 Å². The minimum Gasteiger partial charge on any atom is -0.507 e. The van der Waals surface area contributed by atoms with Crippen LogP contribution in [0.4, 0.5) is 10.5 Å². The molecule has 6 atom stereocenters. The Kier molecular flexibility index (Phi) is 8.13. The van der Waals surface area contributed by atoms with Gasteiger partial charge in [0.15, 0.2) is 34.7 Å². The van der Waals surface area contributed by atoms with E-state index in [4.69, 9.17) is 15.2 Å². The maximum absolute atomic E-state index is 14.0. The average molecular weight is 656 g/mol. The molecule has 0 radical (unpaired) electrons. The molecular weight excluding hydrogens is 622 g/mol. The summed E-state index contributed by atoms with van der Waals surface area (Å²) in [7, 11) is 4.59. The van der Waals surface area contributed by atoms with Crippen LogP contribution in [0.3, 0.4) is 0 Å². The van der Waals surface area contributed by atoms with Gasteiger partial charge in [0, 0.05) is 11.6 Å². The zero-order valence-electron chi connectivity index (χ0n) is 26.3. The van der Waals surface area contributed by atoms with Crippen molar-refractivity contribution in [3.05, 3.63) is 71.8 Å². The van der Waals surface area contributed by atoms with Crippen LogP contribution in [0.15, 0.2) is 60.7 Å². The lowest BCUT2D eigenvalue weighted by molar-refractivity contribution is -0.181. The van der Waals surface area contributed by atoms with Crippen LogP contribution in [0.5, 0.6) is 17.2 Å². The number of carbonyl (C=O) groups is 6. The molecule has 3 aromatic rings. The van der Waals surface area contributed by atoms with Crippen LogP contribution in [-0.2, 0) is 25.6 Å². The number of hydrogen-bond donors (Lipinski definition) is 4. The molecule has 2 fully saturated rings. The largest absolute Gasteiger partial charge is 0.507 e. The third kappa shape index (κ3) is 5.11. The first-order chi connectivity index (χ1) is 22.8. The van der Waals surface area contributed by atoms with Crippen LogP contribution in [0.1, 0.15) is 22.3 Å². The molecule has 2 unspecified atom stereocenters. The summed E-state index contributed by atoms with van der Waals surface area (Å²) in [4.78, 5) is 80.8. The normalized spacial score (nSPS) is 26.3. The molecule has 13 nitrogen and oxygen atoms in total. The number of amides is 2. The predicted molar refractivity (Wildman–Crippen MR) is 169 cm³/mol. The third-order valence-electron chi connectivity index (χ3n) is 9.66. The lowest BCUT2D eigenvalue weighted by atomic mass is 9.52. The maximum atomic E-state index is 14.0. The summed E-state index contributed by atoms with van der Waals surface area (Å²) in [5.41, 5.74) is 4.59. The van der Waals surface area contributed by atoms with E-state index in [1.165, 1.54) is 32.2 Å². The topological polar surface area (TPSA) is 203 Å². The van der Waals surface area contributed by atoms with Gasteiger partial charge < -0.3 is 25.4 Å². The second-order valence-electron chi connectivity index (χ2n) is 12.5. The Morgan fingerprint density at radius 3 is 2.19 bits per heavy atom. The molecule has 0 saturated heterocycles. The summed E-state index contributed by atoms with van der Waals surface area (Å²) in [6.07, 6.45) is -0.659. The van der Waals surface area contributed by atoms with E-state index in [2.05, 4.69) is 5.32 Å². The maximum Gasteiger partial charge on any atom is 0.417 e. The number of ketones is 4. The lowest BCUT2D eigenvalue weighted by Gasteiger charge is -2.52. The van der Waals surface area contributed by atoms with Crippen LogP contribution >= 0.6 is 0 Å². The highest BCUT2D eigenvalue weighted by Crippen LogP contribution is 2.51. The summed E-state index contributed by atoms with van der Waals surface area (Å²) >= 11 is 0. The number of Topliss-reactive ketones (excluding diaryl/α,β-unsaturated/α-hetero) is 4. The van der Waals surface area contributed by atoms with Crippen molar-refractivity contribution in [1.82, 2.24) is 4.90 Å². The van der Waals surface area contributed by atoms with Gasteiger partial charge >= 0.3 is 6.09 Å². The Morgan fingerprint density at radius 2 is 1.58 bits per heavy atom. The molecule has 0 aromatic heterocycles. The van der Waals surface area contributed by atoms with Crippen LogP contribution in [0, 0.1) is 23.7 Å². The van der Waals surface area contributed by atoms with Crippen molar-refractivity contribution in [2.24, 2.45) is 29.4 Å². The first-order valence-electron chi connectivity index (χ1n) is 15.2. The molecule has 5 N–H and O–H groups in total. The van der Waals surface area contributed by atoms with E-state index in [9.17, 15) is 39.0 Å². The fraction of sp³-hybridized carbons (Fsp3) is 0.314. The smallest absolute Gasteiger partial charge is 0.417 e. The highest BCUT2D eigenvalue weighted by molar-refractivity contribution is 6.32. The number of phenols is 1. The number of anilines is 1. The number of nitrogens with one attached hydrogen (secondary N) is 1. The first-order valence-corrected chi connectivity index (χ1v) is 15.2. The van der Waals surface area contributed by atoms with E-state index in [0.717, 1.165) is 0 Å². The summed E-state index contributed by atoms with van der Waals surface area (Å²) in [6, 6.07) is 14.9. The van der Waals surface area contributed by atoms with Crippen molar-refractivity contribution >= 4 is 40.8 Å². The van der Waals surface area contributed by atoms with E-state index in [1.807, 2.05) is 0 Å². The van der Waals surface area contributed by atoms with E-state index in [1.54, 1.807) is 54.6 Å². The van der Waals surface area contributed by atoms with Gasteiger partial charge in [-0.15, -0.1) is 0 Å². The second kappa shape index (κ2) is 12.0. The Hall–Kier alpha value is -5.40. The molecule has 48 heavy (non-hydrogen) atoms. The number of fused-ring (bicyclic) bond motifs is 3. The number of phenolic OH excluding ortho intramolecular Hbond substituents is 1. The molecule has 0 aliphatic heterocycles. The van der Waals surface area contributed by atoms with Crippen LogP contribution in [-0.4, -0.2) is 83.1 Å². The number of methoxy groups -OCH3 is 1. The summed E-state index contributed by atoms with van der Waals surface area (Å²) in [5, 5.41) is 25.2. The quantitative estimate of drug-likeness (QED) is 0.283. The molecule has 3 aromatic carbocycles.